The van der Waals surface area contributed by atoms with Gasteiger partial charge in [-0.05, 0) is 25.3 Å². The summed E-state index contributed by atoms with van der Waals surface area (Å²) in [6.07, 6.45) is 3.94. The van der Waals surface area contributed by atoms with Crippen LogP contribution in [0.2, 0.25) is 0 Å². The minimum absolute atomic E-state index is 0.00703. The molecule has 1 saturated carbocycles. The van der Waals surface area contributed by atoms with Gasteiger partial charge in [0.25, 0.3) is 0 Å². The molecule has 1 aliphatic carbocycles. The number of hydrogen-bond donors (Lipinski definition) is 2. The Balaban J connectivity index is 1.85. The molecule has 2 atom stereocenters. The van der Waals surface area contributed by atoms with E-state index in [0.717, 1.165) is 19.3 Å². The van der Waals surface area contributed by atoms with Gasteiger partial charge >= 0.3 is 5.97 Å². The van der Waals surface area contributed by atoms with Gasteiger partial charge < -0.3 is 25.0 Å². The first-order chi connectivity index (χ1) is 13.0. The summed E-state index contributed by atoms with van der Waals surface area (Å²) in [6.45, 7) is 1.17. The smallest absolute Gasteiger partial charge is 0.341 e. The van der Waals surface area contributed by atoms with Crippen LogP contribution in [0, 0.1) is 5.82 Å². The number of halogens is 1. The van der Waals surface area contributed by atoms with Crippen LogP contribution in [-0.2, 0) is 11.3 Å². The second kappa shape index (κ2) is 5.77. The van der Waals surface area contributed by atoms with E-state index >= 15 is 4.39 Å². The Hall–Kier alpha value is -2.45. The van der Waals surface area contributed by atoms with Crippen molar-refractivity contribution in [3.05, 3.63) is 39.4 Å². The van der Waals surface area contributed by atoms with Crippen molar-refractivity contribution >= 4 is 22.6 Å². The molecule has 8 heteroatoms. The van der Waals surface area contributed by atoms with Crippen LogP contribution in [0.3, 0.4) is 0 Å². The van der Waals surface area contributed by atoms with Gasteiger partial charge in [-0.2, -0.15) is 0 Å². The van der Waals surface area contributed by atoms with Crippen LogP contribution in [0.5, 0.6) is 0 Å². The highest BCUT2D eigenvalue weighted by Gasteiger charge is 2.37. The van der Waals surface area contributed by atoms with Gasteiger partial charge in [-0.25, -0.2) is 9.18 Å². The molecule has 3 aliphatic rings. The third-order valence-corrected chi connectivity index (χ3v) is 5.80. The topological polar surface area (TPSA) is 97.8 Å². The number of carboxylic acid groups (broad SMARTS) is 1. The number of benzene rings is 1. The van der Waals surface area contributed by atoms with E-state index in [1.165, 1.54) is 12.3 Å². The molecule has 1 aromatic heterocycles. The monoisotopic (exact) mass is 373 g/mol. The highest BCUT2D eigenvalue weighted by atomic mass is 19.1. The molecule has 0 radical (unpaired) electrons. The average molecular weight is 373 g/mol. The molecular formula is C19H20FN3O4. The third-order valence-electron chi connectivity index (χ3n) is 5.80. The summed E-state index contributed by atoms with van der Waals surface area (Å²) in [5, 5.41) is 9.50. The van der Waals surface area contributed by atoms with Crippen molar-refractivity contribution in [1.82, 2.24) is 4.57 Å². The molecule has 2 fully saturated rings. The van der Waals surface area contributed by atoms with Crippen molar-refractivity contribution in [3.8, 4) is 0 Å². The normalized spacial score (nSPS) is 24.6. The lowest BCUT2D eigenvalue weighted by atomic mass is 10.0. The van der Waals surface area contributed by atoms with Gasteiger partial charge in [0.05, 0.1) is 30.5 Å². The highest BCUT2D eigenvalue weighted by molar-refractivity contribution is 5.95. The fourth-order valence-corrected chi connectivity index (χ4v) is 4.48. The minimum Gasteiger partial charge on any atom is -0.477 e. The Morgan fingerprint density at radius 2 is 2.11 bits per heavy atom. The van der Waals surface area contributed by atoms with Gasteiger partial charge in [0.15, 0.2) is 0 Å². The summed E-state index contributed by atoms with van der Waals surface area (Å²) in [6, 6.07) is 1.27. The van der Waals surface area contributed by atoms with Crippen molar-refractivity contribution in [2.45, 2.75) is 44.0 Å². The predicted octanol–water partition coefficient (Wildman–Crippen LogP) is 1.61. The van der Waals surface area contributed by atoms with Gasteiger partial charge in [-0.1, -0.05) is 0 Å². The number of pyridine rings is 1. The number of nitrogens with zero attached hydrogens (tertiary/aromatic N) is 2. The zero-order valence-electron chi connectivity index (χ0n) is 14.7. The van der Waals surface area contributed by atoms with Gasteiger partial charge in [0.2, 0.25) is 5.43 Å². The highest BCUT2D eigenvalue weighted by Crippen LogP contribution is 2.42. The molecule has 1 saturated heterocycles. The number of ether oxygens (including phenoxy) is 1. The molecule has 7 nitrogen and oxygen atoms in total. The largest absolute Gasteiger partial charge is 0.477 e. The number of aromatic nitrogens is 1. The second-order valence-electron chi connectivity index (χ2n) is 7.71. The van der Waals surface area contributed by atoms with E-state index in [2.05, 4.69) is 0 Å². The van der Waals surface area contributed by atoms with Crippen LogP contribution >= 0.6 is 0 Å². The zero-order valence-corrected chi connectivity index (χ0v) is 14.7. The fraction of sp³-hybridized carbons (Fsp3) is 0.474. The summed E-state index contributed by atoms with van der Waals surface area (Å²) in [7, 11) is 0. The lowest BCUT2D eigenvalue weighted by Gasteiger charge is -2.27. The van der Waals surface area contributed by atoms with Crippen LogP contribution in [-0.4, -0.2) is 40.9 Å². The van der Waals surface area contributed by atoms with Crippen molar-refractivity contribution in [1.29, 1.82) is 0 Å². The number of rotatable bonds is 2. The third kappa shape index (κ3) is 2.47. The van der Waals surface area contributed by atoms with Gasteiger partial charge in [0, 0.05) is 35.8 Å². The number of carboxylic acids is 1. The molecule has 3 N–H and O–H groups in total. The Morgan fingerprint density at radius 3 is 2.81 bits per heavy atom. The molecule has 1 aromatic carbocycles. The molecule has 0 amide bonds. The Kier molecular flexibility index (Phi) is 3.57. The molecule has 142 valence electrons. The van der Waals surface area contributed by atoms with Crippen molar-refractivity contribution in [2.75, 3.05) is 18.1 Å². The molecule has 5 rings (SSSR count). The molecule has 3 heterocycles. The first kappa shape index (κ1) is 16.7. The van der Waals surface area contributed by atoms with Crippen LogP contribution in [0.4, 0.5) is 10.1 Å². The first-order valence-corrected chi connectivity index (χ1v) is 9.19. The minimum atomic E-state index is -1.30. The molecule has 2 aromatic rings. The first-order valence-electron chi connectivity index (χ1n) is 9.19. The number of carbonyl (C=O) groups is 1. The maximum Gasteiger partial charge on any atom is 0.341 e. The van der Waals surface area contributed by atoms with E-state index < -0.39 is 17.2 Å². The number of nitrogens with two attached hydrogens (primary N) is 1. The SMILES string of the molecule is N[C@H]1C[C@H]2COCc3c(c(F)cc4c(=O)c(C(=O)O)cn(C5CC5)c34)N2C1. The van der Waals surface area contributed by atoms with E-state index in [-0.39, 0.29) is 35.7 Å². The summed E-state index contributed by atoms with van der Waals surface area (Å²) < 4.78 is 22.8. The molecule has 0 unspecified atom stereocenters. The van der Waals surface area contributed by atoms with Gasteiger partial charge in [0.1, 0.15) is 11.4 Å². The maximum absolute atomic E-state index is 15.2. The summed E-state index contributed by atoms with van der Waals surface area (Å²) in [5.74, 6) is -1.82. The Bertz CT molecular complexity index is 1030. The number of anilines is 1. The Morgan fingerprint density at radius 1 is 1.33 bits per heavy atom. The summed E-state index contributed by atoms with van der Waals surface area (Å²) in [4.78, 5) is 26.2. The van der Waals surface area contributed by atoms with Crippen LogP contribution < -0.4 is 16.1 Å². The lowest BCUT2D eigenvalue weighted by molar-refractivity contribution is 0.0695. The molecule has 2 aliphatic heterocycles. The van der Waals surface area contributed by atoms with E-state index in [4.69, 9.17) is 10.5 Å². The van der Waals surface area contributed by atoms with E-state index in [9.17, 15) is 14.7 Å². The van der Waals surface area contributed by atoms with Gasteiger partial charge in [-0.15, -0.1) is 0 Å². The predicted molar refractivity (Wildman–Crippen MR) is 96.8 cm³/mol. The zero-order chi connectivity index (χ0) is 18.9. The lowest BCUT2D eigenvalue weighted by Crippen LogP contribution is -2.33. The standard InChI is InChI=1S/C19H20FN3O4/c20-15-4-12-16(23(10-1-2-10)6-13(18(12)24)19(25)26)14-8-27-7-11-3-9(21)5-22(11)17(14)15/h4,6,9-11H,1-3,5,7-8,21H2,(H,25,26)/t9-,11-/m0/s1. The summed E-state index contributed by atoms with van der Waals surface area (Å²) in [5.41, 5.74) is 6.75. The van der Waals surface area contributed by atoms with Gasteiger partial charge in [-0.3, -0.25) is 4.79 Å². The Labute approximate surface area is 154 Å². The van der Waals surface area contributed by atoms with Crippen molar-refractivity contribution in [2.24, 2.45) is 5.73 Å². The van der Waals surface area contributed by atoms with Crippen LogP contribution in [0.1, 0.15) is 41.2 Å². The fourth-order valence-electron chi connectivity index (χ4n) is 4.48. The molecule has 27 heavy (non-hydrogen) atoms. The molecular weight excluding hydrogens is 353 g/mol. The number of aromatic carboxylic acids is 1. The van der Waals surface area contributed by atoms with Crippen molar-refractivity contribution < 1.29 is 19.0 Å². The maximum atomic E-state index is 15.2. The summed E-state index contributed by atoms with van der Waals surface area (Å²) >= 11 is 0. The second-order valence-corrected chi connectivity index (χ2v) is 7.71. The quantitative estimate of drug-likeness (QED) is 0.830. The van der Waals surface area contributed by atoms with E-state index in [1.54, 1.807) is 0 Å². The molecule has 0 bridgehead atoms. The van der Waals surface area contributed by atoms with Crippen molar-refractivity contribution in [3.63, 3.8) is 0 Å². The molecule has 0 spiro atoms. The van der Waals surface area contributed by atoms with Crippen LogP contribution in [0.15, 0.2) is 17.1 Å². The van der Waals surface area contributed by atoms with Crippen LogP contribution in [0.25, 0.3) is 10.9 Å². The van der Waals surface area contributed by atoms with E-state index in [0.29, 0.717) is 29.9 Å². The number of fused-ring (bicyclic) bond motifs is 5. The average Bonchev–Trinajstić information content (AvgIpc) is 3.40. The number of hydrogen-bond acceptors (Lipinski definition) is 5. The van der Waals surface area contributed by atoms with E-state index in [1.807, 2.05) is 9.47 Å².